The largest absolute Gasteiger partial charge is 0.445 e. The van der Waals surface area contributed by atoms with E-state index in [0.29, 0.717) is 13.2 Å². The third-order valence-electron chi connectivity index (χ3n) is 4.59. The second-order valence-corrected chi connectivity index (χ2v) is 7.49. The summed E-state index contributed by atoms with van der Waals surface area (Å²) in [6.07, 6.45) is 8.02. The number of alkyl carbamates (subject to hydrolysis) is 1. The van der Waals surface area contributed by atoms with Gasteiger partial charge in [-0.25, -0.2) is 13.9 Å². The van der Waals surface area contributed by atoms with Crippen LogP contribution in [-0.2, 0) is 23.4 Å². The normalized spacial score (nSPS) is 11.3. The van der Waals surface area contributed by atoms with E-state index in [1.165, 1.54) is 6.42 Å². The fraction of sp³-hybridized carbons (Fsp3) is 0.455. The molecule has 0 saturated heterocycles. The molecule has 0 fully saturated rings. The van der Waals surface area contributed by atoms with Gasteiger partial charge in [-0.2, -0.15) is 0 Å². The molecule has 0 aliphatic heterocycles. The molecule has 1 amide bonds. The Labute approximate surface area is 162 Å². The zero-order valence-electron chi connectivity index (χ0n) is 17.0. The second-order valence-electron chi connectivity index (χ2n) is 7.49. The Balaban J connectivity index is 1.84. The van der Waals surface area contributed by atoms with E-state index < -0.39 is 11.6 Å². The SMILES string of the molecule is C=C(C)c1cccc(C(C)(C)NC(=O)OCCn2cc[n+](CCCC)c2)c1. The van der Waals surface area contributed by atoms with E-state index in [1.54, 1.807) is 0 Å². The molecular formula is C22H32N3O2+. The van der Waals surface area contributed by atoms with Gasteiger partial charge in [-0.15, -0.1) is 0 Å². The number of unbranched alkanes of at least 4 members (excludes halogenated alkanes) is 1. The van der Waals surface area contributed by atoms with Gasteiger partial charge in [-0.05, 0) is 44.4 Å². The average Bonchev–Trinajstić information content (AvgIpc) is 3.07. The molecule has 0 spiro atoms. The van der Waals surface area contributed by atoms with Gasteiger partial charge in [-0.1, -0.05) is 43.7 Å². The number of nitrogens with zero attached hydrogens (tertiary/aromatic N) is 2. The maximum Gasteiger partial charge on any atom is 0.407 e. The van der Waals surface area contributed by atoms with Crippen LogP contribution in [0, 0.1) is 0 Å². The highest BCUT2D eigenvalue weighted by atomic mass is 16.5. The molecule has 0 aliphatic rings. The molecule has 0 atom stereocenters. The predicted molar refractivity (Wildman–Crippen MR) is 108 cm³/mol. The number of hydrogen-bond donors (Lipinski definition) is 1. The molecule has 2 aromatic rings. The van der Waals surface area contributed by atoms with Crippen LogP contribution in [0.5, 0.6) is 0 Å². The second kappa shape index (κ2) is 9.40. The number of amides is 1. The maximum atomic E-state index is 12.2. The van der Waals surface area contributed by atoms with Crippen LogP contribution in [0.3, 0.4) is 0 Å². The molecule has 1 N–H and O–H groups in total. The van der Waals surface area contributed by atoms with Crippen LogP contribution in [0.25, 0.3) is 5.57 Å². The van der Waals surface area contributed by atoms with E-state index in [4.69, 9.17) is 4.74 Å². The minimum Gasteiger partial charge on any atom is -0.445 e. The van der Waals surface area contributed by atoms with E-state index >= 15 is 0 Å². The quantitative estimate of drug-likeness (QED) is 0.670. The molecule has 5 nitrogen and oxygen atoms in total. The Kier molecular flexibility index (Phi) is 7.22. The summed E-state index contributed by atoms with van der Waals surface area (Å²) < 4.78 is 9.56. The molecule has 0 aliphatic carbocycles. The maximum absolute atomic E-state index is 12.2. The molecule has 1 heterocycles. The number of benzene rings is 1. The summed E-state index contributed by atoms with van der Waals surface area (Å²) in [4.78, 5) is 12.2. The lowest BCUT2D eigenvalue weighted by Gasteiger charge is -2.27. The predicted octanol–water partition coefficient (Wildman–Crippen LogP) is 4.27. The fourth-order valence-corrected chi connectivity index (χ4v) is 2.82. The van der Waals surface area contributed by atoms with Crippen LogP contribution >= 0.6 is 0 Å². The summed E-state index contributed by atoms with van der Waals surface area (Å²) in [5.41, 5.74) is 2.55. The van der Waals surface area contributed by atoms with Crippen LogP contribution in [0.2, 0.25) is 0 Å². The fourth-order valence-electron chi connectivity index (χ4n) is 2.82. The number of aromatic nitrogens is 2. The van der Waals surface area contributed by atoms with E-state index in [9.17, 15) is 4.79 Å². The lowest BCUT2D eigenvalue weighted by Crippen LogP contribution is -2.41. The molecular weight excluding hydrogens is 338 g/mol. The number of imidazole rings is 1. The number of ether oxygens (including phenoxy) is 1. The van der Waals surface area contributed by atoms with Crippen molar-refractivity contribution in [2.75, 3.05) is 6.61 Å². The number of carbonyl (C=O) groups is 1. The summed E-state index contributed by atoms with van der Waals surface area (Å²) in [5.74, 6) is 0. The van der Waals surface area contributed by atoms with E-state index in [0.717, 1.165) is 29.7 Å². The van der Waals surface area contributed by atoms with Crippen molar-refractivity contribution < 1.29 is 14.1 Å². The van der Waals surface area contributed by atoms with Gasteiger partial charge in [0.05, 0.1) is 12.1 Å². The van der Waals surface area contributed by atoms with Gasteiger partial charge >= 0.3 is 6.09 Å². The number of allylic oxidation sites excluding steroid dienone is 1. The van der Waals surface area contributed by atoms with Gasteiger partial charge in [-0.3, -0.25) is 0 Å². The molecule has 27 heavy (non-hydrogen) atoms. The average molecular weight is 371 g/mol. The highest BCUT2D eigenvalue weighted by Gasteiger charge is 2.24. The summed E-state index contributed by atoms with van der Waals surface area (Å²) >= 11 is 0. The van der Waals surface area contributed by atoms with Crippen molar-refractivity contribution in [2.24, 2.45) is 0 Å². The molecule has 0 radical (unpaired) electrons. The highest BCUT2D eigenvalue weighted by molar-refractivity contribution is 5.69. The minimum atomic E-state index is -0.529. The molecule has 0 unspecified atom stereocenters. The third-order valence-corrected chi connectivity index (χ3v) is 4.59. The number of rotatable bonds is 9. The van der Waals surface area contributed by atoms with Gasteiger partial charge in [0.1, 0.15) is 25.5 Å². The Morgan fingerprint density at radius 3 is 2.85 bits per heavy atom. The standard InChI is InChI=1S/C22H31N3O2/c1-6-7-11-24-12-13-25(17-24)14-15-27-21(26)23-22(4,5)20-10-8-9-19(16-20)18(2)3/h8-10,12-13,16-17H,2,6-7,11,14-15H2,1,3-5H3/p+1. The Morgan fingerprint density at radius 2 is 2.15 bits per heavy atom. The first-order valence-electron chi connectivity index (χ1n) is 9.58. The molecule has 5 heteroatoms. The van der Waals surface area contributed by atoms with E-state index in [1.807, 2.05) is 62.3 Å². The zero-order valence-corrected chi connectivity index (χ0v) is 17.0. The monoisotopic (exact) mass is 370 g/mol. The summed E-state index contributed by atoms with van der Waals surface area (Å²) in [6.45, 7) is 14.1. The Bertz CT molecular complexity index is 777. The van der Waals surface area contributed by atoms with Crippen LogP contribution in [-0.4, -0.2) is 17.3 Å². The number of aryl methyl sites for hydroxylation is 1. The van der Waals surface area contributed by atoms with Gasteiger partial charge in [0, 0.05) is 0 Å². The summed E-state index contributed by atoms with van der Waals surface area (Å²) in [7, 11) is 0. The van der Waals surface area contributed by atoms with Crippen molar-refractivity contribution in [3.8, 4) is 0 Å². The van der Waals surface area contributed by atoms with Gasteiger partial charge < -0.3 is 10.1 Å². The van der Waals surface area contributed by atoms with Crippen molar-refractivity contribution >= 4 is 11.7 Å². The van der Waals surface area contributed by atoms with Crippen LogP contribution < -0.4 is 9.88 Å². The topological polar surface area (TPSA) is 47.1 Å². The highest BCUT2D eigenvalue weighted by Crippen LogP contribution is 2.23. The van der Waals surface area contributed by atoms with Gasteiger partial charge in [0.25, 0.3) is 0 Å². The molecule has 0 saturated carbocycles. The lowest BCUT2D eigenvalue weighted by atomic mass is 9.92. The first kappa shape index (κ1) is 20.7. The molecule has 0 bridgehead atoms. The number of carbonyl (C=O) groups excluding carboxylic acids is 1. The summed E-state index contributed by atoms with van der Waals surface area (Å²) in [5, 5.41) is 2.95. The number of nitrogens with one attached hydrogen (secondary N) is 1. The van der Waals surface area contributed by atoms with Crippen LogP contribution in [0.4, 0.5) is 4.79 Å². The molecule has 1 aromatic carbocycles. The Morgan fingerprint density at radius 1 is 1.37 bits per heavy atom. The smallest absolute Gasteiger partial charge is 0.407 e. The molecule has 1 aromatic heterocycles. The third kappa shape index (κ3) is 6.27. The Hall–Kier alpha value is -2.56. The van der Waals surface area contributed by atoms with Gasteiger partial charge in [0.15, 0.2) is 0 Å². The zero-order chi connectivity index (χ0) is 19.9. The first-order chi connectivity index (χ1) is 12.8. The van der Waals surface area contributed by atoms with Crippen molar-refractivity contribution in [3.63, 3.8) is 0 Å². The molecule has 2 rings (SSSR count). The number of hydrogen-bond acceptors (Lipinski definition) is 2. The minimum absolute atomic E-state index is 0.330. The lowest BCUT2D eigenvalue weighted by molar-refractivity contribution is -0.696. The van der Waals surface area contributed by atoms with E-state index in [-0.39, 0.29) is 0 Å². The van der Waals surface area contributed by atoms with Crippen molar-refractivity contribution in [1.29, 1.82) is 0 Å². The van der Waals surface area contributed by atoms with Crippen molar-refractivity contribution in [2.45, 2.75) is 59.2 Å². The van der Waals surface area contributed by atoms with Crippen LogP contribution in [0.1, 0.15) is 51.7 Å². The van der Waals surface area contributed by atoms with E-state index in [2.05, 4.69) is 29.5 Å². The summed E-state index contributed by atoms with van der Waals surface area (Å²) in [6, 6.07) is 8.05. The van der Waals surface area contributed by atoms with Crippen molar-refractivity contribution in [3.05, 3.63) is 60.7 Å². The van der Waals surface area contributed by atoms with Crippen molar-refractivity contribution in [1.82, 2.24) is 9.88 Å². The van der Waals surface area contributed by atoms with Gasteiger partial charge in [0.2, 0.25) is 6.33 Å². The van der Waals surface area contributed by atoms with Crippen LogP contribution in [0.15, 0.2) is 49.6 Å². The molecule has 146 valence electrons. The first-order valence-corrected chi connectivity index (χ1v) is 9.58.